The standard InChI is InChI=1S/C21H21ClN2O5/c1-13(2)11-28-20-16(22)8-15(9-18(20)27-3)21(26)29-12-19(25)24-17-7-5-4-6-14(17)10-23/h4-9,13H,11-12H2,1-3H3,(H,24,25). The van der Waals surface area contributed by atoms with Crippen molar-refractivity contribution in [3.8, 4) is 17.6 Å². The summed E-state index contributed by atoms with van der Waals surface area (Å²) in [5.41, 5.74) is 0.766. The second-order valence-corrected chi connectivity index (χ2v) is 6.88. The molecular formula is C21H21ClN2O5. The minimum Gasteiger partial charge on any atom is -0.493 e. The fourth-order valence-electron chi connectivity index (χ4n) is 2.32. The van der Waals surface area contributed by atoms with E-state index >= 15 is 0 Å². The number of ether oxygens (including phenoxy) is 3. The van der Waals surface area contributed by atoms with Crippen LogP contribution in [-0.2, 0) is 9.53 Å². The molecule has 0 heterocycles. The number of nitrogens with one attached hydrogen (secondary N) is 1. The summed E-state index contributed by atoms with van der Waals surface area (Å²) in [7, 11) is 1.43. The van der Waals surface area contributed by atoms with Gasteiger partial charge in [0.1, 0.15) is 6.07 Å². The minimum atomic E-state index is -0.746. The van der Waals surface area contributed by atoms with Crippen molar-refractivity contribution >= 4 is 29.2 Å². The van der Waals surface area contributed by atoms with Gasteiger partial charge in [0.15, 0.2) is 18.1 Å². The predicted octanol–water partition coefficient (Wildman–Crippen LogP) is 4.05. The number of hydrogen-bond acceptors (Lipinski definition) is 6. The SMILES string of the molecule is COc1cc(C(=O)OCC(=O)Nc2ccccc2C#N)cc(Cl)c1OCC(C)C. The maximum absolute atomic E-state index is 12.3. The van der Waals surface area contributed by atoms with Crippen LogP contribution in [0, 0.1) is 17.2 Å². The molecule has 0 spiro atoms. The van der Waals surface area contributed by atoms with E-state index < -0.39 is 18.5 Å². The highest BCUT2D eigenvalue weighted by Crippen LogP contribution is 2.36. The van der Waals surface area contributed by atoms with E-state index in [0.717, 1.165) is 0 Å². The summed E-state index contributed by atoms with van der Waals surface area (Å²) < 4.78 is 15.9. The summed E-state index contributed by atoms with van der Waals surface area (Å²) in [6, 6.07) is 11.3. The van der Waals surface area contributed by atoms with Gasteiger partial charge >= 0.3 is 5.97 Å². The van der Waals surface area contributed by atoms with Crippen molar-refractivity contribution in [2.45, 2.75) is 13.8 Å². The van der Waals surface area contributed by atoms with Crippen molar-refractivity contribution < 1.29 is 23.8 Å². The van der Waals surface area contributed by atoms with Gasteiger partial charge in [-0.15, -0.1) is 0 Å². The van der Waals surface area contributed by atoms with E-state index in [4.69, 9.17) is 31.1 Å². The monoisotopic (exact) mass is 416 g/mol. The Bertz CT molecular complexity index is 937. The van der Waals surface area contributed by atoms with Gasteiger partial charge in [0.05, 0.1) is 35.6 Å². The third kappa shape index (κ3) is 6.13. The van der Waals surface area contributed by atoms with Gasteiger partial charge in [0, 0.05) is 0 Å². The van der Waals surface area contributed by atoms with Crippen LogP contribution in [0.4, 0.5) is 5.69 Å². The van der Waals surface area contributed by atoms with Crippen molar-refractivity contribution in [1.82, 2.24) is 0 Å². The summed E-state index contributed by atoms with van der Waals surface area (Å²) >= 11 is 6.22. The number of para-hydroxylation sites is 1. The van der Waals surface area contributed by atoms with Crippen LogP contribution in [0.25, 0.3) is 0 Å². The molecule has 1 N–H and O–H groups in total. The molecule has 2 aromatic rings. The van der Waals surface area contributed by atoms with Crippen molar-refractivity contribution in [3.05, 3.63) is 52.5 Å². The summed E-state index contributed by atoms with van der Waals surface area (Å²) in [6.07, 6.45) is 0. The second kappa shape index (κ2) is 10.3. The number of amides is 1. The number of rotatable bonds is 8. The highest BCUT2D eigenvalue weighted by Gasteiger charge is 2.18. The molecule has 2 aromatic carbocycles. The van der Waals surface area contributed by atoms with Gasteiger partial charge in [0.2, 0.25) is 0 Å². The Morgan fingerprint density at radius 3 is 2.62 bits per heavy atom. The number of anilines is 1. The zero-order valence-corrected chi connectivity index (χ0v) is 17.1. The van der Waals surface area contributed by atoms with Crippen molar-refractivity contribution in [2.75, 3.05) is 25.6 Å². The number of esters is 1. The molecule has 29 heavy (non-hydrogen) atoms. The molecular weight excluding hydrogens is 396 g/mol. The zero-order chi connectivity index (χ0) is 21.4. The third-order valence-corrected chi connectivity index (χ3v) is 3.96. The molecule has 2 rings (SSSR count). The average Bonchev–Trinajstić information content (AvgIpc) is 2.70. The molecule has 152 valence electrons. The lowest BCUT2D eigenvalue weighted by Gasteiger charge is -2.15. The maximum Gasteiger partial charge on any atom is 0.338 e. The molecule has 0 bridgehead atoms. The van der Waals surface area contributed by atoms with Gasteiger partial charge in [0.25, 0.3) is 5.91 Å². The van der Waals surface area contributed by atoms with Crippen LogP contribution < -0.4 is 14.8 Å². The van der Waals surface area contributed by atoms with Crippen LogP contribution in [-0.4, -0.2) is 32.2 Å². The number of nitriles is 1. The molecule has 0 aliphatic carbocycles. The lowest BCUT2D eigenvalue weighted by Crippen LogP contribution is -2.21. The minimum absolute atomic E-state index is 0.119. The van der Waals surface area contributed by atoms with Gasteiger partial charge in [-0.1, -0.05) is 37.6 Å². The number of halogens is 1. The number of nitrogens with zero attached hydrogens (tertiary/aromatic N) is 1. The van der Waals surface area contributed by atoms with Gasteiger partial charge in [-0.25, -0.2) is 4.79 Å². The summed E-state index contributed by atoms with van der Waals surface area (Å²) in [5.74, 6) is -0.409. The predicted molar refractivity (Wildman–Crippen MR) is 108 cm³/mol. The molecule has 0 radical (unpaired) electrons. The van der Waals surface area contributed by atoms with Crippen molar-refractivity contribution in [1.29, 1.82) is 5.26 Å². The highest BCUT2D eigenvalue weighted by molar-refractivity contribution is 6.32. The first-order chi connectivity index (χ1) is 13.8. The molecule has 0 atom stereocenters. The largest absolute Gasteiger partial charge is 0.493 e. The lowest BCUT2D eigenvalue weighted by atomic mass is 10.2. The molecule has 0 unspecified atom stereocenters. The van der Waals surface area contributed by atoms with Crippen LogP contribution >= 0.6 is 11.6 Å². The first-order valence-electron chi connectivity index (χ1n) is 8.82. The second-order valence-electron chi connectivity index (χ2n) is 6.48. The first kappa shape index (κ1) is 22.1. The molecule has 0 aromatic heterocycles. The van der Waals surface area contributed by atoms with E-state index in [9.17, 15) is 9.59 Å². The normalized spacial score (nSPS) is 10.2. The van der Waals surface area contributed by atoms with Crippen LogP contribution in [0.15, 0.2) is 36.4 Å². The Hall–Kier alpha value is -3.24. The van der Waals surface area contributed by atoms with Crippen molar-refractivity contribution in [3.63, 3.8) is 0 Å². The Kier molecular flexibility index (Phi) is 7.87. The fraction of sp³-hybridized carbons (Fsp3) is 0.286. The van der Waals surface area contributed by atoms with Gasteiger partial charge in [-0.2, -0.15) is 5.26 Å². The van der Waals surface area contributed by atoms with E-state index in [1.807, 2.05) is 19.9 Å². The van der Waals surface area contributed by atoms with E-state index in [1.54, 1.807) is 24.3 Å². The zero-order valence-electron chi connectivity index (χ0n) is 16.3. The van der Waals surface area contributed by atoms with Gasteiger partial charge in [-0.3, -0.25) is 4.79 Å². The molecule has 0 aliphatic rings. The Morgan fingerprint density at radius 1 is 1.24 bits per heavy atom. The summed E-state index contributed by atoms with van der Waals surface area (Å²) in [5, 5.41) is 11.8. The highest BCUT2D eigenvalue weighted by atomic mass is 35.5. The number of hydrogen-bond donors (Lipinski definition) is 1. The van der Waals surface area contributed by atoms with E-state index in [1.165, 1.54) is 19.2 Å². The molecule has 8 heteroatoms. The van der Waals surface area contributed by atoms with E-state index in [-0.39, 0.29) is 22.3 Å². The number of methoxy groups -OCH3 is 1. The van der Waals surface area contributed by atoms with Gasteiger partial charge in [-0.05, 0) is 30.2 Å². The van der Waals surface area contributed by atoms with Crippen molar-refractivity contribution in [2.24, 2.45) is 5.92 Å². The number of carbonyl (C=O) groups excluding carboxylic acids is 2. The molecule has 0 fully saturated rings. The van der Waals surface area contributed by atoms with Crippen LogP contribution in [0.2, 0.25) is 5.02 Å². The first-order valence-corrected chi connectivity index (χ1v) is 9.20. The molecule has 0 aliphatic heterocycles. The molecule has 7 nitrogen and oxygen atoms in total. The third-order valence-electron chi connectivity index (χ3n) is 3.68. The smallest absolute Gasteiger partial charge is 0.338 e. The molecule has 0 saturated heterocycles. The lowest BCUT2D eigenvalue weighted by molar-refractivity contribution is -0.119. The van der Waals surface area contributed by atoms with Crippen LogP contribution in [0.1, 0.15) is 29.8 Å². The summed E-state index contributed by atoms with van der Waals surface area (Å²) in [6.45, 7) is 3.90. The average molecular weight is 417 g/mol. The van der Waals surface area contributed by atoms with Crippen LogP contribution in [0.5, 0.6) is 11.5 Å². The quantitative estimate of drug-likeness (QED) is 0.652. The Labute approximate surface area is 174 Å². The maximum atomic E-state index is 12.3. The van der Waals surface area contributed by atoms with E-state index in [2.05, 4.69) is 5.32 Å². The molecule has 0 saturated carbocycles. The number of benzene rings is 2. The fourth-order valence-corrected chi connectivity index (χ4v) is 2.58. The van der Waals surface area contributed by atoms with Crippen LogP contribution in [0.3, 0.4) is 0 Å². The topological polar surface area (TPSA) is 97.6 Å². The van der Waals surface area contributed by atoms with Gasteiger partial charge < -0.3 is 19.5 Å². The Balaban J connectivity index is 2.04. The molecule has 1 amide bonds. The Morgan fingerprint density at radius 2 is 1.97 bits per heavy atom. The van der Waals surface area contributed by atoms with E-state index in [0.29, 0.717) is 23.6 Å². The number of carbonyl (C=O) groups is 2. The summed E-state index contributed by atoms with van der Waals surface area (Å²) in [4.78, 5) is 24.4.